The van der Waals surface area contributed by atoms with Crippen LogP contribution < -0.4 is 10.2 Å². The van der Waals surface area contributed by atoms with Crippen LogP contribution in [0, 0.1) is 0 Å². The van der Waals surface area contributed by atoms with Crippen molar-refractivity contribution >= 4 is 17.2 Å². The molecule has 22 heavy (non-hydrogen) atoms. The first kappa shape index (κ1) is 13.8. The van der Waals surface area contributed by atoms with E-state index in [0.717, 1.165) is 52.6 Å². The van der Waals surface area contributed by atoms with Gasteiger partial charge in [-0.3, -0.25) is 10.2 Å². The molecule has 3 heterocycles. The molecule has 1 amide bonds. The fourth-order valence-electron chi connectivity index (χ4n) is 3.02. The molecule has 1 saturated heterocycles. The van der Waals surface area contributed by atoms with Crippen LogP contribution in [0.1, 0.15) is 34.5 Å². The van der Waals surface area contributed by atoms with Gasteiger partial charge in [0.15, 0.2) is 0 Å². The molecule has 1 N–H and O–H groups in total. The molecule has 2 aliphatic rings. The summed E-state index contributed by atoms with van der Waals surface area (Å²) in [5, 5.41) is 2.04. The zero-order valence-corrected chi connectivity index (χ0v) is 13.1. The third kappa shape index (κ3) is 2.51. The zero-order chi connectivity index (χ0) is 14.9. The minimum Gasteiger partial charge on any atom is -0.488 e. The number of hydrazine groups is 1. The average molecular weight is 314 g/mol. The summed E-state index contributed by atoms with van der Waals surface area (Å²) < 4.78 is 5.76. The molecule has 114 valence electrons. The number of nitrogens with one attached hydrogen (secondary N) is 1. The van der Waals surface area contributed by atoms with Gasteiger partial charge in [-0.05, 0) is 31.0 Å². The SMILES string of the molecule is O=C(NN1CCCCC1)c1cc2c(s1)-c1ccccc1OC2. The van der Waals surface area contributed by atoms with Gasteiger partial charge in [-0.25, -0.2) is 5.01 Å². The summed E-state index contributed by atoms with van der Waals surface area (Å²) in [6.07, 6.45) is 3.57. The van der Waals surface area contributed by atoms with Crippen molar-refractivity contribution in [2.75, 3.05) is 13.1 Å². The Bertz CT molecular complexity index is 704. The van der Waals surface area contributed by atoms with E-state index < -0.39 is 0 Å². The van der Waals surface area contributed by atoms with E-state index in [9.17, 15) is 4.79 Å². The second-order valence-electron chi connectivity index (χ2n) is 5.74. The fraction of sp³-hybridized carbons (Fsp3) is 0.353. The van der Waals surface area contributed by atoms with Crippen molar-refractivity contribution in [2.24, 2.45) is 0 Å². The molecule has 2 aromatic rings. The average Bonchev–Trinajstić information content (AvgIpc) is 3.00. The summed E-state index contributed by atoms with van der Waals surface area (Å²) in [5.74, 6) is 0.901. The molecule has 1 aromatic heterocycles. The number of nitrogens with zero attached hydrogens (tertiary/aromatic N) is 1. The second kappa shape index (κ2) is 5.74. The minimum absolute atomic E-state index is 0.00113. The largest absolute Gasteiger partial charge is 0.488 e. The van der Waals surface area contributed by atoms with Crippen LogP contribution in [0.4, 0.5) is 0 Å². The number of carbonyl (C=O) groups is 1. The van der Waals surface area contributed by atoms with Gasteiger partial charge in [-0.2, -0.15) is 0 Å². The van der Waals surface area contributed by atoms with E-state index in [1.54, 1.807) is 11.3 Å². The van der Waals surface area contributed by atoms with Crippen LogP contribution in [-0.4, -0.2) is 24.0 Å². The molecule has 1 fully saturated rings. The van der Waals surface area contributed by atoms with Crippen LogP contribution in [0.3, 0.4) is 0 Å². The monoisotopic (exact) mass is 314 g/mol. The lowest BCUT2D eigenvalue weighted by Crippen LogP contribution is -2.44. The van der Waals surface area contributed by atoms with Crippen molar-refractivity contribution < 1.29 is 9.53 Å². The van der Waals surface area contributed by atoms with E-state index in [2.05, 4.69) is 11.5 Å². The topological polar surface area (TPSA) is 41.6 Å². The summed E-state index contributed by atoms with van der Waals surface area (Å²) >= 11 is 1.56. The van der Waals surface area contributed by atoms with Crippen molar-refractivity contribution in [3.63, 3.8) is 0 Å². The Morgan fingerprint density at radius 2 is 2.00 bits per heavy atom. The Labute approximate surface area is 133 Å². The number of piperidine rings is 1. The van der Waals surface area contributed by atoms with Crippen molar-refractivity contribution in [1.82, 2.24) is 10.4 Å². The van der Waals surface area contributed by atoms with Gasteiger partial charge in [0, 0.05) is 29.1 Å². The maximum absolute atomic E-state index is 12.5. The van der Waals surface area contributed by atoms with Gasteiger partial charge >= 0.3 is 0 Å². The molecule has 5 heteroatoms. The first-order valence-corrected chi connectivity index (χ1v) is 8.54. The van der Waals surface area contributed by atoms with Crippen LogP contribution >= 0.6 is 11.3 Å². The summed E-state index contributed by atoms with van der Waals surface area (Å²) in [6.45, 7) is 2.44. The Hall–Kier alpha value is -1.85. The van der Waals surface area contributed by atoms with Crippen LogP contribution in [0.5, 0.6) is 5.75 Å². The number of rotatable bonds is 2. The Morgan fingerprint density at radius 3 is 2.86 bits per heavy atom. The number of para-hydroxylation sites is 1. The molecule has 0 atom stereocenters. The van der Waals surface area contributed by atoms with E-state index in [1.807, 2.05) is 29.3 Å². The van der Waals surface area contributed by atoms with Crippen LogP contribution in [0.2, 0.25) is 0 Å². The highest BCUT2D eigenvalue weighted by atomic mass is 32.1. The molecule has 0 spiro atoms. The van der Waals surface area contributed by atoms with Gasteiger partial charge < -0.3 is 4.74 Å². The lowest BCUT2D eigenvalue weighted by atomic mass is 10.1. The predicted octanol–water partition coefficient (Wildman–Crippen LogP) is 3.44. The third-order valence-electron chi connectivity index (χ3n) is 4.16. The summed E-state index contributed by atoms with van der Waals surface area (Å²) in [5.41, 5.74) is 5.23. The molecule has 0 bridgehead atoms. The Kier molecular flexibility index (Phi) is 3.60. The zero-order valence-electron chi connectivity index (χ0n) is 12.3. The maximum Gasteiger partial charge on any atom is 0.275 e. The molecule has 0 radical (unpaired) electrons. The highest BCUT2D eigenvalue weighted by Gasteiger charge is 2.23. The third-order valence-corrected chi connectivity index (χ3v) is 5.37. The fourth-order valence-corrected chi connectivity index (χ4v) is 4.10. The molecule has 0 unspecified atom stereocenters. The lowest BCUT2D eigenvalue weighted by molar-refractivity contribution is 0.0754. The second-order valence-corrected chi connectivity index (χ2v) is 6.79. The van der Waals surface area contributed by atoms with Gasteiger partial charge in [0.1, 0.15) is 12.4 Å². The highest BCUT2D eigenvalue weighted by molar-refractivity contribution is 7.17. The number of hydrogen-bond acceptors (Lipinski definition) is 4. The van der Waals surface area contributed by atoms with Crippen molar-refractivity contribution in [2.45, 2.75) is 25.9 Å². The number of hydrogen-bond donors (Lipinski definition) is 1. The minimum atomic E-state index is -0.00113. The van der Waals surface area contributed by atoms with Gasteiger partial charge in [-0.15, -0.1) is 11.3 Å². The summed E-state index contributed by atoms with van der Waals surface area (Å²) in [6, 6.07) is 9.97. The first-order valence-electron chi connectivity index (χ1n) is 7.72. The molecular formula is C17H18N2O2S. The van der Waals surface area contributed by atoms with E-state index in [-0.39, 0.29) is 5.91 Å². The maximum atomic E-state index is 12.5. The number of fused-ring (bicyclic) bond motifs is 3. The van der Waals surface area contributed by atoms with Gasteiger partial charge in [-0.1, -0.05) is 18.6 Å². The summed E-state index contributed by atoms with van der Waals surface area (Å²) in [7, 11) is 0. The predicted molar refractivity (Wildman–Crippen MR) is 87.0 cm³/mol. The smallest absolute Gasteiger partial charge is 0.275 e. The lowest BCUT2D eigenvalue weighted by Gasteiger charge is -2.26. The van der Waals surface area contributed by atoms with Crippen molar-refractivity contribution in [1.29, 1.82) is 0 Å². The van der Waals surface area contributed by atoms with Crippen LogP contribution in [-0.2, 0) is 6.61 Å². The normalized spacial score (nSPS) is 17.3. The van der Waals surface area contributed by atoms with E-state index in [4.69, 9.17) is 4.74 Å². The molecule has 1 aromatic carbocycles. The standard InChI is InChI=1S/C17H18N2O2S/c20-17(18-19-8-4-1-5-9-19)15-10-12-11-21-14-7-3-2-6-13(14)16(12)22-15/h2-3,6-7,10H,1,4-5,8-9,11H2,(H,18,20). The molecule has 4 rings (SSSR count). The van der Waals surface area contributed by atoms with Crippen LogP contribution in [0.25, 0.3) is 10.4 Å². The number of ether oxygens (including phenoxy) is 1. The first-order chi connectivity index (χ1) is 10.8. The Morgan fingerprint density at radius 1 is 1.18 bits per heavy atom. The van der Waals surface area contributed by atoms with Crippen LogP contribution in [0.15, 0.2) is 30.3 Å². The van der Waals surface area contributed by atoms with E-state index in [0.29, 0.717) is 6.61 Å². The number of benzene rings is 1. The van der Waals surface area contributed by atoms with E-state index >= 15 is 0 Å². The molecule has 0 saturated carbocycles. The highest BCUT2D eigenvalue weighted by Crippen LogP contribution is 2.42. The number of amides is 1. The van der Waals surface area contributed by atoms with Gasteiger partial charge in [0.25, 0.3) is 5.91 Å². The molecule has 2 aliphatic heterocycles. The number of thiophene rings is 1. The quantitative estimate of drug-likeness (QED) is 0.923. The van der Waals surface area contributed by atoms with Crippen molar-refractivity contribution in [3.8, 4) is 16.2 Å². The van der Waals surface area contributed by atoms with E-state index in [1.165, 1.54) is 6.42 Å². The number of carbonyl (C=O) groups excluding carboxylic acids is 1. The summed E-state index contributed by atoms with van der Waals surface area (Å²) in [4.78, 5) is 14.4. The molecule has 4 nitrogen and oxygen atoms in total. The van der Waals surface area contributed by atoms with Crippen molar-refractivity contribution in [3.05, 3.63) is 40.8 Å². The van der Waals surface area contributed by atoms with Gasteiger partial charge in [0.05, 0.1) is 4.88 Å². The Balaban J connectivity index is 1.57. The molecular weight excluding hydrogens is 296 g/mol. The van der Waals surface area contributed by atoms with Gasteiger partial charge in [0.2, 0.25) is 0 Å². The molecule has 0 aliphatic carbocycles.